The van der Waals surface area contributed by atoms with Crippen molar-refractivity contribution in [2.75, 3.05) is 37.4 Å². The molecule has 0 saturated heterocycles. The van der Waals surface area contributed by atoms with Gasteiger partial charge in [-0.15, -0.1) is 0 Å². The predicted molar refractivity (Wildman–Crippen MR) is 78.7 cm³/mol. The standard InChI is InChI=1S/C15H24N2O2/c1-2-19-15-10-13(6-7-14(15)16)17-8-3-9-18-11-12-4-5-12/h6-7,10,12,17H,2-5,8-9,11,16H2,1H3. The number of hydrogen-bond acceptors (Lipinski definition) is 4. The van der Waals surface area contributed by atoms with E-state index < -0.39 is 0 Å². The molecular formula is C15H24N2O2. The Labute approximate surface area is 115 Å². The third kappa shape index (κ3) is 4.99. The molecule has 0 spiro atoms. The zero-order valence-corrected chi connectivity index (χ0v) is 11.7. The van der Waals surface area contributed by atoms with E-state index in [1.807, 2.05) is 25.1 Å². The number of nitrogen functional groups attached to an aromatic ring is 1. The molecule has 1 aromatic rings. The number of anilines is 2. The molecule has 0 amide bonds. The van der Waals surface area contributed by atoms with E-state index in [0.717, 1.165) is 43.5 Å². The first kappa shape index (κ1) is 14.0. The fourth-order valence-corrected chi connectivity index (χ4v) is 1.87. The molecule has 106 valence electrons. The van der Waals surface area contributed by atoms with Gasteiger partial charge in [0.1, 0.15) is 5.75 Å². The summed E-state index contributed by atoms with van der Waals surface area (Å²) in [5.41, 5.74) is 7.55. The maximum absolute atomic E-state index is 5.83. The lowest BCUT2D eigenvalue weighted by molar-refractivity contribution is 0.124. The maximum Gasteiger partial charge on any atom is 0.144 e. The second-order valence-corrected chi connectivity index (χ2v) is 4.98. The molecule has 2 rings (SSSR count). The molecule has 4 heteroatoms. The molecule has 19 heavy (non-hydrogen) atoms. The monoisotopic (exact) mass is 264 g/mol. The van der Waals surface area contributed by atoms with E-state index in [2.05, 4.69) is 5.32 Å². The van der Waals surface area contributed by atoms with Crippen molar-refractivity contribution in [2.45, 2.75) is 26.2 Å². The quantitative estimate of drug-likeness (QED) is 0.532. The van der Waals surface area contributed by atoms with E-state index in [4.69, 9.17) is 15.2 Å². The van der Waals surface area contributed by atoms with Gasteiger partial charge in [0.05, 0.1) is 12.3 Å². The summed E-state index contributed by atoms with van der Waals surface area (Å²) in [5, 5.41) is 3.36. The van der Waals surface area contributed by atoms with Gasteiger partial charge in [-0.05, 0) is 44.2 Å². The maximum atomic E-state index is 5.83. The highest BCUT2D eigenvalue weighted by atomic mass is 16.5. The molecule has 0 atom stereocenters. The summed E-state index contributed by atoms with van der Waals surface area (Å²) in [5.74, 6) is 1.59. The van der Waals surface area contributed by atoms with Gasteiger partial charge >= 0.3 is 0 Å². The van der Waals surface area contributed by atoms with Crippen molar-refractivity contribution in [3.8, 4) is 5.75 Å². The van der Waals surface area contributed by atoms with E-state index in [1.54, 1.807) is 0 Å². The van der Waals surface area contributed by atoms with Gasteiger partial charge < -0.3 is 20.5 Å². The van der Waals surface area contributed by atoms with Crippen LogP contribution in [0, 0.1) is 5.92 Å². The Morgan fingerprint density at radius 3 is 2.95 bits per heavy atom. The van der Waals surface area contributed by atoms with Crippen molar-refractivity contribution >= 4 is 11.4 Å². The summed E-state index contributed by atoms with van der Waals surface area (Å²) in [6.07, 6.45) is 3.72. The molecule has 0 aliphatic heterocycles. The highest BCUT2D eigenvalue weighted by molar-refractivity contribution is 5.61. The normalized spacial score (nSPS) is 14.4. The first-order valence-electron chi connectivity index (χ1n) is 7.13. The summed E-state index contributed by atoms with van der Waals surface area (Å²) < 4.78 is 11.1. The molecule has 0 radical (unpaired) electrons. The molecular weight excluding hydrogens is 240 g/mol. The lowest BCUT2D eigenvalue weighted by atomic mass is 10.2. The van der Waals surface area contributed by atoms with Crippen molar-refractivity contribution in [3.63, 3.8) is 0 Å². The van der Waals surface area contributed by atoms with Gasteiger partial charge in [-0.25, -0.2) is 0 Å². The van der Waals surface area contributed by atoms with Crippen LogP contribution >= 0.6 is 0 Å². The molecule has 1 aliphatic rings. The number of benzene rings is 1. The van der Waals surface area contributed by atoms with E-state index in [1.165, 1.54) is 12.8 Å². The van der Waals surface area contributed by atoms with Gasteiger partial charge in [-0.1, -0.05) is 0 Å². The van der Waals surface area contributed by atoms with Gasteiger partial charge in [0.15, 0.2) is 0 Å². The molecule has 4 nitrogen and oxygen atoms in total. The average Bonchev–Trinajstić information content (AvgIpc) is 3.21. The molecule has 0 aromatic heterocycles. The van der Waals surface area contributed by atoms with Crippen LogP contribution in [0.4, 0.5) is 11.4 Å². The lowest BCUT2D eigenvalue weighted by Crippen LogP contribution is -2.07. The molecule has 0 bridgehead atoms. The first-order chi connectivity index (χ1) is 9.29. The highest BCUT2D eigenvalue weighted by Crippen LogP contribution is 2.28. The largest absolute Gasteiger partial charge is 0.492 e. The summed E-state index contributed by atoms with van der Waals surface area (Å²) in [7, 11) is 0. The minimum Gasteiger partial charge on any atom is -0.492 e. The molecule has 0 heterocycles. The second-order valence-electron chi connectivity index (χ2n) is 4.98. The van der Waals surface area contributed by atoms with Crippen LogP contribution in [0.25, 0.3) is 0 Å². The molecule has 1 fully saturated rings. The molecule has 1 aliphatic carbocycles. The zero-order valence-electron chi connectivity index (χ0n) is 11.7. The van der Waals surface area contributed by atoms with Gasteiger partial charge in [-0.3, -0.25) is 0 Å². The van der Waals surface area contributed by atoms with Crippen molar-refractivity contribution in [1.29, 1.82) is 0 Å². The Morgan fingerprint density at radius 1 is 1.37 bits per heavy atom. The zero-order chi connectivity index (χ0) is 13.5. The second kappa shape index (κ2) is 7.24. The Bertz CT molecular complexity index is 392. The lowest BCUT2D eigenvalue weighted by Gasteiger charge is -2.11. The van der Waals surface area contributed by atoms with Gasteiger partial charge in [0.25, 0.3) is 0 Å². The van der Waals surface area contributed by atoms with E-state index in [-0.39, 0.29) is 0 Å². The Morgan fingerprint density at radius 2 is 2.21 bits per heavy atom. The Kier molecular flexibility index (Phi) is 5.33. The highest BCUT2D eigenvalue weighted by Gasteiger charge is 2.20. The Hall–Kier alpha value is -1.42. The van der Waals surface area contributed by atoms with Crippen LogP contribution in [-0.4, -0.2) is 26.4 Å². The van der Waals surface area contributed by atoms with Gasteiger partial charge in [0, 0.05) is 31.5 Å². The average molecular weight is 264 g/mol. The van der Waals surface area contributed by atoms with Crippen LogP contribution in [0.5, 0.6) is 5.75 Å². The number of nitrogens with one attached hydrogen (secondary N) is 1. The topological polar surface area (TPSA) is 56.5 Å². The smallest absolute Gasteiger partial charge is 0.144 e. The van der Waals surface area contributed by atoms with Crippen LogP contribution < -0.4 is 15.8 Å². The van der Waals surface area contributed by atoms with Gasteiger partial charge in [-0.2, -0.15) is 0 Å². The Balaban J connectivity index is 1.65. The van der Waals surface area contributed by atoms with E-state index in [0.29, 0.717) is 12.3 Å². The molecule has 1 aromatic carbocycles. The van der Waals surface area contributed by atoms with Crippen molar-refractivity contribution in [2.24, 2.45) is 5.92 Å². The summed E-state index contributed by atoms with van der Waals surface area (Å²) in [6.45, 7) is 5.26. The number of nitrogens with two attached hydrogens (primary N) is 1. The van der Waals surface area contributed by atoms with E-state index >= 15 is 0 Å². The molecule has 1 saturated carbocycles. The van der Waals surface area contributed by atoms with Gasteiger partial charge in [0.2, 0.25) is 0 Å². The predicted octanol–water partition coefficient (Wildman–Crippen LogP) is 2.90. The van der Waals surface area contributed by atoms with Crippen LogP contribution in [0.15, 0.2) is 18.2 Å². The SMILES string of the molecule is CCOc1cc(NCCCOCC2CC2)ccc1N. The van der Waals surface area contributed by atoms with Crippen LogP contribution in [-0.2, 0) is 4.74 Å². The minimum atomic E-state index is 0.628. The van der Waals surface area contributed by atoms with Crippen molar-refractivity contribution in [1.82, 2.24) is 0 Å². The third-order valence-electron chi connectivity index (χ3n) is 3.16. The van der Waals surface area contributed by atoms with Crippen LogP contribution in [0.1, 0.15) is 26.2 Å². The van der Waals surface area contributed by atoms with Crippen LogP contribution in [0.3, 0.4) is 0 Å². The summed E-state index contributed by atoms with van der Waals surface area (Å²) in [6, 6.07) is 5.80. The van der Waals surface area contributed by atoms with Crippen molar-refractivity contribution in [3.05, 3.63) is 18.2 Å². The minimum absolute atomic E-state index is 0.628. The number of hydrogen-bond donors (Lipinski definition) is 2. The number of ether oxygens (including phenoxy) is 2. The van der Waals surface area contributed by atoms with Crippen LogP contribution in [0.2, 0.25) is 0 Å². The van der Waals surface area contributed by atoms with E-state index in [9.17, 15) is 0 Å². The first-order valence-corrected chi connectivity index (χ1v) is 7.13. The van der Waals surface area contributed by atoms with Crippen molar-refractivity contribution < 1.29 is 9.47 Å². The third-order valence-corrected chi connectivity index (χ3v) is 3.16. The molecule has 3 N–H and O–H groups in total. The molecule has 0 unspecified atom stereocenters. The number of rotatable bonds is 9. The fourth-order valence-electron chi connectivity index (χ4n) is 1.87. The summed E-state index contributed by atoms with van der Waals surface area (Å²) >= 11 is 0. The fraction of sp³-hybridized carbons (Fsp3) is 0.600. The summed E-state index contributed by atoms with van der Waals surface area (Å²) in [4.78, 5) is 0.